The van der Waals surface area contributed by atoms with Crippen LogP contribution in [0.3, 0.4) is 0 Å². The van der Waals surface area contributed by atoms with E-state index < -0.39 is 14.9 Å². The Morgan fingerprint density at radius 1 is 1.29 bits per heavy atom. The SMILES string of the molecule is CN(CCS(=O)(=O)Cc1ccccc1)[N+](=O)[O-]. The standard InChI is InChI=1S/C10H14N2O4S/c1-11(12(13)14)7-8-17(15,16)9-10-5-3-2-4-6-10/h2-6H,7-9H2,1H3. The van der Waals surface area contributed by atoms with Crippen molar-refractivity contribution in [3.8, 4) is 0 Å². The van der Waals surface area contributed by atoms with Crippen molar-refractivity contribution in [3.63, 3.8) is 0 Å². The minimum Gasteiger partial charge on any atom is -0.235 e. The third-order valence-corrected chi connectivity index (χ3v) is 3.81. The van der Waals surface area contributed by atoms with Crippen LogP contribution in [-0.2, 0) is 15.6 Å². The van der Waals surface area contributed by atoms with Crippen molar-refractivity contribution in [2.45, 2.75) is 5.75 Å². The van der Waals surface area contributed by atoms with Gasteiger partial charge in [-0.05, 0) is 5.56 Å². The second-order valence-electron chi connectivity index (χ2n) is 3.70. The Bertz CT molecular complexity index is 472. The van der Waals surface area contributed by atoms with Crippen molar-refractivity contribution in [1.29, 1.82) is 0 Å². The van der Waals surface area contributed by atoms with E-state index in [1.165, 1.54) is 7.05 Å². The Hall–Kier alpha value is -1.63. The van der Waals surface area contributed by atoms with Gasteiger partial charge in [0, 0.05) is 0 Å². The zero-order chi connectivity index (χ0) is 12.9. The average molecular weight is 258 g/mol. The molecular weight excluding hydrogens is 244 g/mol. The Balaban J connectivity index is 2.56. The van der Waals surface area contributed by atoms with Crippen LogP contribution in [0.15, 0.2) is 30.3 Å². The van der Waals surface area contributed by atoms with Crippen molar-refractivity contribution in [3.05, 3.63) is 46.0 Å². The summed E-state index contributed by atoms with van der Waals surface area (Å²) in [6.07, 6.45) is 0. The van der Waals surface area contributed by atoms with Gasteiger partial charge in [0.15, 0.2) is 14.9 Å². The highest BCUT2D eigenvalue weighted by molar-refractivity contribution is 7.90. The number of rotatable bonds is 6. The minimum absolute atomic E-state index is 0.0839. The molecule has 0 N–H and O–H groups in total. The fourth-order valence-electron chi connectivity index (χ4n) is 1.25. The summed E-state index contributed by atoms with van der Waals surface area (Å²) in [6.45, 7) is -0.109. The zero-order valence-electron chi connectivity index (χ0n) is 9.44. The van der Waals surface area contributed by atoms with Crippen LogP contribution in [0, 0.1) is 10.1 Å². The number of hydrogen-bond donors (Lipinski definition) is 0. The summed E-state index contributed by atoms with van der Waals surface area (Å²) in [5.41, 5.74) is 0.691. The van der Waals surface area contributed by atoms with Gasteiger partial charge in [0.05, 0.1) is 25.1 Å². The molecule has 0 heterocycles. The number of benzene rings is 1. The molecule has 0 saturated heterocycles. The van der Waals surface area contributed by atoms with E-state index in [4.69, 9.17) is 0 Å². The Morgan fingerprint density at radius 3 is 2.41 bits per heavy atom. The molecule has 94 valence electrons. The monoisotopic (exact) mass is 258 g/mol. The molecule has 0 aliphatic carbocycles. The lowest BCUT2D eigenvalue weighted by atomic mass is 10.2. The van der Waals surface area contributed by atoms with Gasteiger partial charge >= 0.3 is 0 Å². The van der Waals surface area contributed by atoms with Gasteiger partial charge < -0.3 is 0 Å². The molecule has 7 heteroatoms. The van der Waals surface area contributed by atoms with Crippen molar-refractivity contribution in [1.82, 2.24) is 5.01 Å². The highest BCUT2D eigenvalue weighted by atomic mass is 32.2. The highest BCUT2D eigenvalue weighted by Crippen LogP contribution is 2.06. The van der Waals surface area contributed by atoms with E-state index in [1.54, 1.807) is 30.3 Å². The zero-order valence-corrected chi connectivity index (χ0v) is 10.3. The number of hydrazine groups is 1. The largest absolute Gasteiger partial charge is 0.235 e. The molecule has 0 atom stereocenters. The molecule has 0 saturated carbocycles. The first-order chi connectivity index (χ1) is 7.91. The van der Waals surface area contributed by atoms with E-state index in [0.29, 0.717) is 5.56 Å². The highest BCUT2D eigenvalue weighted by Gasteiger charge is 2.16. The normalized spacial score (nSPS) is 11.1. The summed E-state index contributed by atoms with van der Waals surface area (Å²) in [6, 6.07) is 8.75. The van der Waals surface area contributed by atoms with E-state index in [-0.39, 0.29) is 18.1 Å². The van der Waals surface area contributed by atoms with Gasteiger partial charge in [-0.25, -0.2) is 18.5 Å². The van der Waals surface area contributed by atoms with Gasteiger partial charge in [0.1, 0.15) is 0 Å². The van der Waals surface area contributed by atoms with Crippen molar-refractivity contribution in [2.24, 2.45) is 0 Å². The molecule has 1 aromatic rings. The second-order valence-corrected chi connectivity index (χ2v) is 5.88. The van der Waals surface area contributed by atoms with E-state index in [0.717, 1.165) is 5.01 Å². The second kappa shape index (κ2) is 5.62. The van der Waals surface area contributed by atoms with Gasteiger partial charge in [-0.3, -0.25) is 0 Å². The Labute approximate surface area is 99.9 Å². The maximum Gasteiger partial charge on any atom is 0.159 e. The molecule has 0 unspecified atom stereocenters. The van der Waals surface area contributed by atoms with Gasteiger partial charge in [0.25, 0.3) is 0 Å². The first-order valence-electron chi connectivity index (χ1n) is 5.00. The van der Waals surface area contributed by atoms with E-state index in [9.17, 15) is 18.5 Å². The summed E-state index contributed by atoms with van der Waals surface area (Å²) >= 11 is 0. The Kier molecular flexibility index (Phi) is 4.45. The predicted octanol–water partition coefficient (Wildman–Crippen LogP) is 0.725. The number of nitro groups is 1. The molecule has 0 fully saturated rings. The van der Waals surface area contributed by atoms with Crippen LogP contribution in [0.4, 0.5) is 0 Å². The van der Waals surface area contributed by atoms with E-state index in [1.807, 2.05) is 0 Å². The maximum absolute atomic E-state index is 11.7. The molecule has 0 aliphatic heterocycles. The van der Waals surface area contributed by atoms with E-state index >= 15 is 0 Å². The lowest BCUT2D eigenvalue weighted by Crippen LogP contribution is -2.31. The quantitative estimate of drug-likeness (QED) is 0.555. The fraction of sp³-hybridized carbons (Fsp3) is 0.400. The van der Waals surface area contributed by atoms with Crippen LogP contribution in [0.1, 0.15) is 5.56 Å². The lowest BCUT2D eigenvalue weighted by Gasteiger charge is -2.08. The number of nitrogens with zero attached hydrogens (tertiary/aromatic N) is 2. The molecule has 0 bridgehead atoms. The van der Waals surface area contributed by atoms with Crippen LogP contribution in [0.25, 0.3) is 0 Å². The minimum atomic E-state index is -3.31. The summed E-state index contributed by atoms with van der Waals surface area (Å²) in [5.74, 6) is -0.307. The fourth-order valence-corrected chi connectivity index (χ4v) is 2.64. The van der Waals surface area contributed by atoms with Crippen molar-refractivity contribution >= 4 is 9.84 Å². The van der Waals surface area contributed by atoms with Gasteiger partial charge in [0.2, 0.25) is 0 Å². The van der Waals surface area contributed by atoms with Crippen molar-refractivity contribution in [2.75, 3.05) is 19.3 Å². The predicted molar refractivity (Wildman–Crippen MR) is 63.6 cm³/mol. The third-order valence-electron chi connectivity index (χ3n) is 2.23. The molecule has 0 amide bonds. The first-order valence-corrected chi connectivity index (χ1v) is 6.82. The molecule has 1 aromatic carbocycles. The van der Waals surface area contributed by atoms with Gasteiger partial charge in [-0.2, -0.15) is 0 Å². The third kappa shape index (κ3) is 4.81. The molecule has 17 heavy (non-hydrogen) atoms. The molecule has 0 spiro atoms. The number of sulfone groups is 1. The van der Waals surface area contributed by atoms with Crippen LogP contribution < -0.4 is 0 Å². The molecule has 6 nitrogen and oxygen atoms in total. The molecule has 1 rings (SSSR count). The molecule has 0 aromatic heterocycles. The van der Waals surface area contributed by atoms with Crippen LogP contribution >= 0.6 is 0 Å². The van der Waals surface area contributed by atoms with Crippen molar-refractivity contribution < 1.29 is 13.5 Å². The summed E-state index contributed by atoms with van der Waals surface area (Å²) in [7, 11) is -2.06. The summed E-state index contributed by atoms with van der Waals surface area (Å²) in [4.78, 5) is 10.3. The van der Waals surface area contributed by atoms with Gasteiger partial charge in [-0.1, -0.05) is 30.3 Å². The Morgan fingerprint density at radius 2 is 1.88 bits per heavy atom. The first kappa shape index (κ1) is 13.4. The lowest BCUT2D eigenvalue weighted by molar-refractivity contribution is -0.647. The maximum atomic E-state index is 11.7. The van der Waals surface area contributed by atoms with Gasteiger partial charge in [-0.15, -0.1) is 5.01 Å². The molecule has 0 radical (unpaired) electrons. The van der Waals surface area contributed by atoms with Crippen LogP contribution in [-0.4, -0.2) is 37.8 Å². The molecule has 0 aliphatic rings. The number of hydrogen-bond acceptors (Lipinski definition) is 4. The molecular formula is C10H14N2O4S. The van der Waals surface area contributed by atoms with E-state index in [2.05, 4.69) is 0 Å². The van der Waals surface area contributed by atoms with Crippen LogP contribution in [0.5, 0.6) is 0 Å². The van der Waals surface area contributed by atoms with Crippen LogP contribution in [0.2, 0.25) is 0 Å². The smallest absolute Gasteiger partial charge is 0.159 e. The average Bonchev–Trinajstić information content (AvgIpc) is 2.26. The topological polar surface area (TPSA) is 80.5 Å². The summed E-state index contributed by atoms with van der Waals surface area (Å²) < 4.78 is 23.4. The summed E-state index contributed by atoms with van der Waals surface area (Å²) in [5, 5.41) is 10.5.